The van der Waals surface area contributed by atoms with Crippen LogP contribution in [0.3, 0.4) is 0 Å². The average Bonchev–Trinajstić information content (AvgIpc) is 2.56. The predicted molar refractivity (Wildman–Crippen MR) is 77.7 cm³/mol. The zero-order valence-corrected chi connectivity index (χ0v) is 11.0. The van der Waals surface area contributed by atoms with Crippen molar-refractivity contribution in [3.8, 4) is 22.6 Å². The Hall–Kier alpha value is -3.08. The molecule has 0 bridgehead atoms. The number of rotatable bonds is 3. The van der Waals surface area contributed by atoms with E-state index in [1.807, 2.05) is 24.3 Å². The molecule has 0 aliphatic rings. The molecule has 0 fully saturated rings. The fraction of sp³-hybridized carbons (Fsp3) is 0. The Bertz CT molecular complexity index is 788. The molecule has 0 saturated heterocycles. The summed E-state index contributed by atoms with van der Waals surface area (Å²) in [6.45, 7) is 0. The molecule has 3 aromatic heterocycles. The lowest BCUT2D eigenvalue weighted by atomic mass is 10.1. The van der Waals surface area contributed by atoms with Crippen molar-refractivity contribution >= 4 is 5.97 Å². The number of nitrogens with zero attached hydrogens (tertiary/aromatic N) is 3. The molecule has 3 heterocycles. The minimum Gasteiger partial charge on any atom is -0.478 e. The van der Waals surface area contributed by atoms with Gasteiger partial charge in [-0.2, -0.15) is 0 Å². The largest absolute Gasteiger partial charge is 0.478 e. The summed E-state index contributed by atoms with van der Waals surface area (Å²) in [5.41, 5.74) is 3.01. The highest BCUT2D eigenvalue weighted by Gasteiger charge is 2.08. The third kappa shape index (κ3) is 2.76. The van der Waals surface area contributed by atoms with Gasteiger partial charge >= 0.3 is 5.97 Å². The first-order valence-corrected chi connectivity index (χ1v) is 6.31. The van der Waals surface area contributed by atoms with Crippen molar-refractivity contribution in [3.05, 3.63) is 66.6 Å². The molecule has 0 unspecified atom stereocenters. The van der Waals surface area contributed by atoms with Crippen LogP contribution in [0.5, 0.6) is 0 Å². The summed E-state index contributed by atoms with van der Waals surface area (Å²) >= 11 is 0. The van der Waals surface area contributed by atoms with Crippen LogP contribution in [0.4, 0.5) is 0 Å². The Morgan fingerprint density at radius 2 is 1.81 bits per heavy atom. The zero-order valence-electron chi connectivity index (χ0n) is 11.0. The zero-order chi connectivity index (χ0) is 14.7. The maximum Gasteiger partial charge on any atom is 0.335 e. The third-order valence-corrected chi connectivity index (χ3v) is 2.98. The second-order valence-corrected chi connectivity index (χ2v) is 4.38. The number of carboxylic acid groups (broad SMARTS) is 1. The second-order valence-electron chi connectivity index (χ2n) is 4.38. The van der Waals surface area contributed by atoms with Crippen molar-refractivity contribution in [2.45, 2.75) is 0 Å². The van der Waals surface area contributed by atoms with Crippen molar-refractivity contribution in [2.24, 2.45) is 0 Å². The first-order chi connectivity index (χ1) is 10.2. The Kier molecular flexibility index (Phi) is 3.39. The van der Waals surface area contributed by atoms with E-state index in [1.165, 1.54) is 18.3 Å². The Morgan fingerprint density at radius 3 is 2.57 bits per heavy atom. The van der Waals surface area contributed by atoms with Gasteiger partial charge in [-0.3, -0.25) is 9.97 Å². The van der Waals surface area contributed by atoms with E-state index in [2.05, 4.69) is 15.0 Å². The van der Waals surface area contributed by atoms with Crippen molar-refractivity contribution in [2.75, 3.05) is 0 Å². The van der Waals surface area contributed by atoms with Crippen molar-refractivity contribution in [3.63, 3.8) is 0 Å². The van der Waals surface area contributed by atoms with Gasteiger partial charge in [0.2, 0.25) is 0 Å². The van der Waals surface area contributed by atoms with Crippen LogP contribution < -0.4 is 0 Å². The molecular weight excluding hydrogens is 266 g/mol. The van der Waals surface area contributed by atoms with Crippen molar-refractivity contribution < 1.29 is 9.90 Å². The van der Waals surface area contributed by atoms with Gasteiger partial charge in [0.1, 0.15) is 0 Å². The van der Waals surface area contributed by atoms with Crippen LogP contribution in [-0.2, 0) is 0 Å². The lowest BCUT2D eigenvalue weighted by molar-refractivity contribution is 0.0697. The monoisotopic (exact) mass is 277 g/mol. The molecule has 5 nitrogen and oxygen atoms in total. The summed E-state index contributed by atoms with van der Waals surface area (Å²) < 4.78 is 0. The van der Waals surface area contributed by atoms with Crippen LogP contribution in [0.25, 0.3) is 22.6 Å². The first kappa shape index (κ1) is 12.9. The van der Waals surface area contributed by atoms with Crippen LogP contribution >= 0.6 is 0 Å². The van der Waals surface area contributed by atoms with Gasteiger partial charge in [-0.25, -0.2) is 9.78 Å². The number of carbonyl (C=O) groups is 1. The van der Waals surface area contributed by atoms with Gasteiger partial charge in [-0.1, -0.05) is 6.07 Å². The molecular formula is C16H11N3O2. The van der Waals surface area contributed by atoms with Crippen LogP contribution in [0.2, 0.25) is 0 Å². The Balaban J connectivity index is 2.04. The maximum atomic E-state index is 11.0. The van der Waals surface area contributed by atoms with Gasteiger partial charge in [0, 0.05) is 24.2 Å². The molecule has 3 rings (SSSR count). The Morgan fingerprint density at radius 1 is 0.952 bits per heavy atom. The highest BCUT2D eigenvalue weighted by molar-refractivity contribution is 5.88. The fourth-order valence-corrected chi connectivity index (χ4v) is 1.96. The van der Waals surface area contributed by atoms with E-state index >= 15 is 0 Å². The lowest BCUT2D eigenvalue weighted by Crippen LogP contribution is -1.98. The molecule has 5 heteroatoms. The highest BCUT2D eigenvalue weighted by Crippen LogP contribution is 2.21. The molecule has 3 aromatic rings. The summed E-state index contributed by atoms with van der Waals surface area (Å²) in [5, 5.41) is 9.03. The highest BCUT2D eigenvalue weighted by atomic mass is 16.4. The number of aromatic nitrogens is 3. The van der Waals surface area contributed by atoms with Crippen molar-refractivity contribution in [1.82, 2.24) is 15.0 Å². The van der Waals surface area contributed by atoms with Gasteiger partial charge in [0.15, 0.2) is 0 Å². The minimum atomic E-state index is -0.984. The molecule has 21 heavy (non-hydrogen) atoms. The summed E-state index contributed by atoms with van der Waals surface area (Å²) in [6, 6.07) is 12.3. The SMILES string of the molecule is O=C(O)c1ccnc(-c2cccc(-c3cccnc3)n2)c1. The fourth-order valence-electron chi connectivity index (χ4n) is 1.96. The molecule has 0 amide bonds. The van der Waals surface area contributed by atoms with Gasteiger partial charge in [-0.05, 0) is 36.4 Å². The van der Waals surface area contributed by atoms with E-state index in [4.69, 9.17) is 5.11 Å². The number of aromatic carboxylic acids is 1. The lowest BCUT2D eigenvalue weighted by Gasteiger charge is -2.04. The molecule has 102 valence electrons. The maximum absolute atomic E-state index is 11.0. The number of hydrogen-bond acceptors (Lipinski definition) is 4. The number of pyridine rings is 3. The van der Waals surface area contributed by atoms with Crippen LogP contribution in [0, 0.1) is 0 Å². The summed E-state index contributed by atoms with van der Waals surface area (Å²) in [4.78, 5) is 23.8. The predicted octanol–water partition coefficient (Wildman–Crippen LogP) is 2.90. The molecule has 0 radical (unpaired) electrons. The van der Waals surface area contributed by atoms with E-state index in [-0.39, 0.29) is 5.56 Å². The van der Waals surface area contributed by atoms with E-state index < -0.39 is 5.97 Å². The minimum absolute atomic E-state index is 0.189. The van der Waals surface area contributed by atoms with Gasteiger partial charge in [-0.15, -0.1) is 0 Å². The summed E-state index contributed by atoms with van der Waals surface area (Å²) in [5.74, 6) is -0.984. The quantitative estimate of drug-likeness (QED) is 0.796. The van der Waals surface area contributed by atoms with E-state index in [0.29, 0.717) is 11.4 Å². The van der Waals surface area contributed by atoms with E-state index in [9.17, 15) is 4.79 Å². The molecule has 0 aromatic carbocycles. The number of hydrogen-bond donors (Lipinski definition) is 1. The molecule has 0 spiro atoms. The van der Waals surface area contributed by atoms with Crippen molar-refractivity contribution in [1.29, 1.82) is 0 Å². The van der Waals surface area contributed by atoms with Crippen LogP contribution in [0.15, 0.2) is 61.1 Å². The third-order valence-electron chi connectivity index (χ3n) is 2.98. The molecule has 0 aliphatic carbocycles. The van der Waals surface area contributed by atoms with Crippen LogP contribution in [-0.4, -0.2) is 26.0 Å². The smallest absolute Gasteiger partial charge is 0.335 e. The van der Waals surface area contributed by atoms with E-state index in [0.717, 1.165) is 11.3 Å². The summed E-state index contributed by atoms with van der Waals surface area (Å²) in [6.07, 6.45) is 4.90. The molecule has 0 saturated carbocycles. The standard InChI is InChI=1S/C16H11N3O2/c20-16(21)11-6-8-18-15(9-11)14-5-1-4-13(19-14)12-3-2-7-17-10-12/h1-10H,(H,20,21). The number of carboxylic acids is 1. The second kappa shape index (κ2) is 5.50. The normalized spacial score (nSPS) is 10.3. The summed E-state index contributed by atoms with van der Waals surface area (Å²) in [7, 11) is 0. The molecule has 0 aliphatic heterocycles. The van der Waals surface area contributed by atoms with E-state index in [1.54, 1.807) is 18.5 Å². The Labute approximate surface area is 121 Å². The first-order valence-electron chi connectivity index (χ1n) is 6.31. The van der Waals surface area contributed by atoms with Gasteiger partial charge in [0.25, 0.3) is 0 Å². The molecule has 0 atom stereocenters. The topological polar surface area (TPSA) is 76.0 Å². The van der Waals surface area contributed by atoms with Gasteiger partial charge < -0.3 is 5.11 Å². The molecule has 1 N–H and O–H groups in total. The average molecular weight is 277 g/mol. The van der Waals surface area contributed by atoms with Crippen LogP contribution in [0.1, 0.15) is 10.4 Å². The van der Waals surface area contributed by atoms with Gasteiger partial charge in [0.05, 0.1) is 22.6 Å².